The molecule has 5 rings (SSSR count). The van der Waals surface area contributed by atoms with E-state index in [1.807, 2.05) is 25.2 Å². The highest BCUT2D eigenvalue weighted by atomic mass is 16.2. The van der Waals surface area contributed by atoms with Gasteiger partial charge in [-0.05, 0) is 79.8 Å². The molecule has 1 fully saturated rings. The van der Waals surface area contributed by atoms with E-state index in [1.54, 1.807) is 24.3 Å². The normalized spacial score (nSPS) is 18.5. The summed E-state index contributed by atoms with van der Waals surface area (Å²) in [4.78, 5) is 44.4. The lowest BCUT2D eigenvalue weighted by molar-refractivity contribution is -0.108. The Labute approximate surface area is 217 Å². The smallest absolute Gasteiger partial charge is 0.251 e. The van der Waals surface area contributed by atoms with E-state index in [1.165, 1.54) is 24.1 Å². The van der Waals surface area contributed by atoms with Gasteiger partial charge in [-0.1, -0.05) is 25.5 Å². The third-order valence-corrected chi connectivity index (χ3v) is 7.71. The van der Waals surface area contributed by atoms with Gasteiger partial charge in [0.15, 0.2) is 0 Å². The van der Waals surface area contributed by atoms with Gasteiger partial charge in [-0.2, -0.15) is 0 Å². The van der Waals surface area contributed by atoms with Gasteiger partial charge in [-0.15, -0.1) is 0 Å². The number of aldehydes is 1. The van der Waals surface area contributed by atoms with E-state index in [0.717, 1.165) is 48.7 Å². The minimum absolute atomic E-state index is 0.116. The first-order chi connectivity index (χ1) is 17.9. The zero-order valence-electron chi connectivity index (χ0n) is 21.5. The van der Waals surface area contributed by atoms with Crippen molar-refractivity contribution in [3.05, 3.63) is 76.5 Å². The molecule has 1 saturated heterocycles. The van der Waals surface area contributed by atoms with E-state index >= 15 is 0 Å². The van der Waals surface area contributed by atoms with Crippen LogP contribution in [0.1, 0.15) is 69.8 Å². The van der Waals surface area contributed by atoms with Gasteiger partial charge in [0, 0.05) is 41.7 Å². The molecule has 2 amide bonds. The molecule has 192 valence electrons. The molecule has 2 N–H and O–H groups in total. The van der Waals surface area contributed by atoms with Crippen LogP contribution in [0.2, 0.25) is 0 Å². The van der Waals surface area contributed by atoms with Crippen LogP contribution in [0.25, 0.3) is 10.9 Å². The van der Waals surface area contributed by atoms with Gasteiger partial charge in [-0.3, -0.25) is 14.6 Å². The Morgan fingerprint density at radius 3 is 2.68 bits per heavy atom. The summed E-state index contributed by atoms with van der Waals surface area (Å²) in [6.07, 6.45) is 5.30. The van der Waals surface area contributed by atoms with Gasteiger partial charge >= 0.3 is 0 Å². The summed E-state index contributed by atoms with van der Waals surface area (Å²) >= 11 is 0. The number of hydrogen-bond acceptors (Lipinski definition) is 5. The second-order valence-corrected chi connectivity index (χ2v) is 10.5. The number of carbonyl (C=O) groups is 3. The Hall–Kier alpha value is -3.58. The van der Waals surface area contributed by atoms with Gasteiger partial charge in [0.1, 0.15) is 6.29 Å². The number of carbonyl (C=O) groups excluding carboxylic acids is 3. The first-order valence-corrected chi connectivity index (χ1v) is 13.2. The average Bonchev–Trinajstić information content (AvgIpc) is 2.90. The molecule has 2 heterocycles. The Balaban J connectivity index is 1.33. The minimum Gasteiger partial charge on any atom is -0.347 e. The zero-order chi connectivity index (χ0) is 25.9. The predicted octanol–water partition coefficient (Wildman–Crippen LogP) is 3.85. The molecule has 2 aliphatic rings. The first kappa shape index (κ1) is 25.1. The molecule has 2 atom stereocenters. The van der Waals surface area contributed by atoms with Gasteiger partial charge < -0.3 is 20.3 Å². The molecule has 2 aromatic carbocycles. The molecule has 1 aliphatic carbocycles. The number of aryl methyl sites for hydroxylation is 1. The van der Waals surface area contributed by atoms with Crippen LogP contribution in [0.4, 0.5) is 0 Å². The van der Waals surface area contributed by atoms with E-state index < -0.39 is 6.04 Å². The SMILES string of the molecule is CC[C@H]1CCc2nc3ccc(C(=O)N[C@H](CC=O)c4cccc(C(=O)NC5CN(C)C5)c4)cc3cc2C1. The summed E-state index contributed by atoms with van der Waals surface area (Å²) in [5, 5.41) is 6.98. The Bertz CT molecular complexity index is 1330. The monoisotopic (exact) mass is 498 g/mol. The summed E-state index contributed by atoms with van der Waals surface area (Å²) in [6.45, 7) is 3.90. The highest BCUT2D eigenvalue weighted by Gasteiger charge is 2.25. The molecule has 0 unspecified atom stereocenters. The van der Waals surface area contributed by atoms with Gasteiger partial charge in [0.2, 0.25) is 0 Å². The van der Waals surface area contributed by atoms with Gasteiger partial charge in [-0.25, -0.2) is 0 Å². The van der Waals surface area contributed by atoms with E-state index in [9.17, 15) is 14.4 Å². The van der Waals surface area contributed by atoms with Crippen LogP contribution in [0.15, 0.2) is 48.5 Å². The molecule has 7 heteroatoms. The maximum Gasteiger partial charge on any atom is 0.251 e. The van der Waals surface area contributed by atoms with Crippen LogP contribution in [0.3, 0.4) is 0 Å². The number of aromatic nitrogens is 1. The largest absolute Gasteiger partial charge is 0.347 e. The fraction of sp³-hybridized carbons (Fsp3) is 0.400. The van der Waals surface area contributed by atoms with Crippen LogP contribution >= 0.6 is 0 Å². The average molecular weight is 499 g/mol. The number of hydrogen-bond donors (Lipinski definition) is 2. The third-order valence-electron chi connectivity index (χ3n) is 7.71. The van der Waals surface area contributed by atoms with Crippen molar-refractivity contribution >= 4 is 29.0 Å². The van der Waals surface area contributed by atoms with Crippen LogP contribution in [-0.2, 0) is 17.6 Å². The zero-order valence-corrected chi connectivity index (χ0v) is 21.5. The molecule has 0 saturated carbocycles. The number of likely N-dealkylation sites (tertiary alicyclic amines) is 1. The maximum absolute atomic E-state index is 13.2. The molecule has 3 aromatic rings. The maximum atomic E-state index is 13.2. The lowest BCUT2D eigenvalue weighted by Crippen LogP contribution is -2.57. The summed E-state index contributed by atoms with van der Waals surface area (Å²) in [7, 11) is 2.01. The molecular formula is C30H34N4O3. The van der Waals surface area contributed by atoms with E-state index in [0.29, 0.717) is 17.0 Å². The van der Waals surface area contributed by atoms with Crippen LogP contribution in [-0.4, -0.2) is 54.2 Å². The van der Waals surface area contributed by atoms with E-state index in [-0.39, 0.29) is 24.3 Å². The molecule has 0 radical (unpaired) electrons. The minimum atomic E-state index is -0.532. The van der Waals surface area contributed by atoms with Crippen molar-refractivity contribution in [3.8, 4) is 0 Å². The number of rotatable bonds is 8. The van der Waals surface area contributed by atoms with Crippen molar-refractivity contribution in [2.45, 2.75) is 51.1 Å². The van der Waals surface area contributed by atoms with Gasteiger partial charge in [0.05, 0.1) is 17.6 Å². The van der Waals surface area contributed by atoms with Crippen molar-refractivity contribution in [2.75, 3.05) is 20.1 Å². The molecule has 0 bridgehead atoms. The lowest BCUT2D eigenvalue weighted by atomic mass is 9.84. The molecule has 1 aromatic heterocycles. The van der Waals surface area contributed by atoms with E-state index in [4.69, 9.17) is 4.98 Å². The number of nitrogens with zero attached hydrogens (tertiary/aromatic N) is 2. The van der Waals surface area contributed by atoms with Crippen molar-refractivity contribution in [3.63, 3.8) is 0 Å². The number of fused-ring (bicyclic) bond motifs is 2. The van der Waals surface area contributed by atoms with Crippen molar-refractivity contribution in [1.29, 1.82) is 0 Å². The lowest BCUT2D eigenvalue weighted by Gasteiger charge is -2.36. The summed E-state index contributed by atoms with van der Waals surface area (Å²) < 4.78 is 0. The molecule has 1 aliphatic heterocycles. The molecule has 37 heavy (non-hydrogen) atoms. The van der Waals surface area contributed by atoms with E-state index in [2.05, 4.69) is 28.5 Å². The Morgan fingerprint density at radius 2 is 1.92 bits per heavy atom. The summed E-state index contributed by atoms with van der Waals surface area (Å²) in [5.41, 5.74) is 5.12. The molecule has 0 spiro atoms. The van der Waals surface area contributed by atoms with Crippen molar-refractivity contribution in [2.24, 2.45) is 5.92 Å². The Kier molecular flexibility index (Phi) is 7.33. The second kappa shape index (κ2) is 10.8. The predicted molar refractivity (Wildman–Crippen MR) is 144 cm³/mol. The fourth-order valence-electron chi connectivity index (χ4n) is 5.47. The van der Waals surface area contributed by atoms with Crippen molar-refractivity contribution in [1.82, 2.24) is 20.5 Å². The first-order valence-electron chi connectivity index (χ1n) is 13.2. The van der Waals surface area contributed by atoms with Crippen LogP contribution in [0, 0.1) is 5.92 Å². The topological polar surface area (TPSA) is 91.4 Å². The number of benzene rings is 2. The third kappa shape index (κ3) is 5.57. The fourth-order valence-corrected chi connectivity index (χ4v) is 5.47. The number of pyridine rings is 1. The molecular weight excluding hydrogens is 464 g/mol. The van der Waals surface area contributed by atoms with Crippen molar-refractivity contribution < 1.29 is 14.4 Å². The molecule has 7 nitrogen and oxygen atoms in total. The number of nitrogens with one attached hydrogen (secondary N) is 2. The van der Waals surface area contributed by atoms with Crippen LogP contribution in [0.5, 0.6) is 0 Å². The summed E-state index contributed by atoms with van der Waals surface area (Å²) in [5.74, 6) is 0.285. The quantitative estimate of drug-likeness (QED) is 0.461. The van der Waals surface area contributed by atoms with Crippen LogP contribution < -0.4 is 10.6 Å². The number of amides is 2. The second-order valence-electron chi connectivity index (χ2n) is 10.5. The number of likely N-dealkylation sites (N-methyl/N-ethyl adjacent to an activating group) is 1. The highest BCUT2D eigenvalue weighted by Crippen LogP contribution is 2.29. The highest BCUT2D eigenvalue weighted by molar-refractivity contribution is 5.98. The summed E-state index contributed by atoms with van der Waals surface area (Å²) in [6, 6.07) is 14.5. The standard InChI is InChI=1S/C30H34N4O3/c1-3-19-7-9-26-23(13-19)16-24-15-22(8-10-27(24)32-26)30(37)33-28(11-12-35)20-5-4-6-21(14-20)29(36)31-25-17-34(2)18-25/h4-6,8,10,12,14-16,19,25,28H,3,7,9,11,13,17-18H2,1-2H3,(H,31,36)(H,33,37)/t19-,28+/m0/s1. The Morgan fingerprint density at radius 1 is 1.11 bits per heavy atom. The van der Waals surface area contributed by atoms with Gasteiger partial charge in [0.25, 0.3) is 11.8 Å².